The zero-order valence-corrected chi connectivity index (χ0v) is 15.1. The van der Waals surface area contributed by atoms with Gasteiger partial charge in [0.05, 0.1) is 12.7 Å². The van der Waals surface area contributed by atoms with Gasteiger partial charge in [0.2, 0.25) is 0 Å². The van der Waals surface area contributed by atoms with Crippen molar-refractivity contribution in [2.24, 2.45) is 7.05 Å². The van der Waals surface area contributed by atoms with Crippen molar-refractivity contribution in [2.75, 3.05) is 30.4 Å². The third-order valence-corrected chi connectivity index (χ3v) is 4.59. The summed E-state index contributed by atoms with van der Waals surface area (Å²) in [5.74, 6) is 0. The molecule has 2 heterocycles. The normalized spacial score (nSPS) is 14.9. The van der Waals surface area contributed by atoms with Crippen LogP contribution in [0, 0.1) is 0 Å². The molecular weight excluding hydrogens is 314 g/mol. The molecule has 0 saturated carbocycles. The van der Waals surface area contributed by atoms with Crippen molar-refractivity contribution in [1.29, 1.82) is 0 Å². The fourth-order valence-electron chi connectivity index (χ4n) is 3.23. The molecule has 1 aliphatic rings. The van der Waals surface area contributed by atoms with Gasteiger partial charge in [0.1, 0.15) is 0 Å². The quantitative estimate of drug-likeness (QED) is 0.926. The number of carbonyl (C=O) groups excluding carboxylic acids is 1. The van der Waals surface area contributed by atoms with E-state index in [9.17, 15) is 4.79 Å². The zero-order chi connectivity index (χ0) is 17.6. The summed E-state index contributed by atoms with van der Waals surface area (Å²) in [5, 5.41) is 7.13. The molecule has 0 aliphatic carbocycles. The predicted molar refractivity (Wildman–Crippen MR) is 101 cm³/mol. The summed E-state index contributed by atoms with van der Waals surface area (Å²) in [4.78, 5) is 16.5. The number of carbonyl (C=O) groups is 1. The van der Waals surface area contributed by atoms with E-state index in [1.165, 1.54) is 31.4 Å². The van der Waals surface area contributed by atoms with E-state index in [0.29, 0.717) is 6.54 Å². The molecule has 0 radical (unpaired) electrons. The minimum atomic E-state index is -0.114. The van der Waals surface area contributed by atoms with Crippen LogP contribution in [0.15, 0.2) is 36.7 Å². The Hall–Kier alpha value is -2.50. The summed E-state index contributed by atoms with van der Waals surface area (Å²) in [6.07, 6.45) is 8.81. The Morgan fingerprint density at radius 1 is 1.24 bits per heavy atom. The van der Waals surface area contributed by atoms with Gasteiger partial charge >= 0.3 is 6.03 Å². The largest absolute Gasteiger partial charge is 0.371 e. The van der Waals surface area contributed by atoms with Gasteiger partial charge in [0, 0.05) is 50.3 Å². The van der Waals surface area contributed by atoms with E-state index in [2.05, 4.69) is 27.4 Å². The van der Waals surface area contributed by atoms with Gasteiger partial charge in [-0.1, -0.05) is 18.9 Å². The number of nitrogens with one attached hydrogen (secondary N) is 1. The van der Waals surface area contributed by atoms with Crippen LogP contribution >= 0.6 is 0 Å². The Kier molecular flexibility index (Phi) is 5.58. The first kappa shape index (κ1) is 17.3. The monoisotopic (exact) mass is 341 g/mol. The Morgan fingerprint density at radius 2 is 2.00 bits per heavy atom. The molecule has 2 amide bonds. The van der Waals surface area contributed by atoms with Crippen molar-refractivity contribution in [3.8, 4) is 0 Å². The van der Waals surface area contributed by atoms with Gasteiger partial charge in [-0.2, -0.15) is 5.10 Å². The summed E-state index contributed by atoms with van der Waals surface area (Å²) in [5.41, 5.74) is 3.04. The molecule has 0 spiro atoms. The van der Waals surface area contributed by atoms with Gasteiger partial charge in [-0.3, -0.25) is 4.68 Å². The fraction of sp³-hybridized carbons (Fsp3) is 0.474. The van der Waals surface area contributed by atoms with Gasteiger partial charge in [-0.15, -0.1) is 0 Å². The topological polar surface area (TPSA) is 53.4 Å². The van der Waals surface area contributed by atoms with E-state index in [0.717, 1.165) is 24.3 Å². The Balaban J connectivity index is 1.61. The number of aromatic nitrogens is 2. The van der Waals surface area contributed by atoms with Crippen LogP contribution < -0.4 is 10.2 Å². The van der Waals surface area contributed by atoms with E-state index in [4.69, 9.17) is 0 Å². The molecule has 6 nitrogen and oxygen atoms in total. The molecule has 2 aromatic rings. The van der Waals surface area contributed by atoms with Crippen LogP contribution in [-0.4, -0.2) is 40.8 Å². The van der Waals surface area contributed by atoms with E-state index >= 15 is 0 Å². The van der Waals surface area contributed by atoms with Gasteiger partial charge in [0.25, 0.3) is 0 Å². The van der Waals surface area contributed by atoms with Crippen LogP contribution in [0.4, 0.5) is 16.2 Å². The number of nitrogens with zero attached hydrogens (tertiary/aromatic N) is 4. The number of aryl methyl sites for hydroxylation is 1. The second-order valence-electron chi connectivity index (χ2n) is 6.76. The number of rotatable bonds is 4. The Bertz CT molecular complexity index is 703. The van der Waals surface area contributed by atoms with Crippen LogP contribution in [0.5, 0.6) is 0 Å². The van der Waals surface area contributed by atoms with Crippen LogP contribution in [0.1, 0.15) is 31.2 Å². The Morgan fingerprint density at radius 3 is 2.68 bits per heavy atom. The van der Waals surface area contributed by atoms with Crippen molar-refractivity contribution in [3.05, 3.63) is 42.2 Å². The molecule has 0 atom stereocenters. The Labute approximate surface area is 149 Å². The molecule has 1 N–H and O–H groups in total. The first-order valence-corrected chi connectivity index (χ1v) is 8.96. The number of anilines is 2. The number of urea groups is 1. The van der Waals surface area contributed by atoms with E-state index in [1.54, 1.807) is 22.8 Å². The molecule has 1 fully saturated rings. The first-order valence-electron chi connectivity index (χ1n) is 8.96. The van der Waals surface area contributed by atoms with E-state index < -0.39 is 0 Å². The van der Waals surface area contributed by atoms with Gasteiger partial charge in [-0.25, -0.2) is 4.79 Å². The van der Waals surface area contributed by atoms with Crippen molar-refractivity contribution < 1.29 is 4.79 Å². The van der Waals surface area contributed by atoms with Gasteiger partial charge < -0.3 is 15.1 Å². The van der Waals surface area contributed by atoms with Crippen molar-refractivity contribution in [3.63, 3.8) is 0 Å². The smallest absolute Gasteiger partial charge is 0.321 e. The second-order valence-corrected chi connectivity index (χ2v) is 6.76. The maximum atomic E-state index is 12.4. The number of hydrogen-bond donors (Lipinski definition) is 1. The maximum Gasteiger partial charge on any atom is 0.321 e. The molecule has 1 saturated heterocycles. The molecule has 0 bridgehead atoms. The molecular formula is C19H27N5O. The summed E-state index contributed by atoms with van der Waals surface area (Å²) < 4.78 is 1.74. The average molecular weight is 341 g/mol. The zero-order valence-electron chi connectivity index (χ0n) is 15.1. The van der Waals surface area contributed by atoms with Crippen LogP contribution in [0.3, 0.4) is 0 Å². The fourth-order valence-corrected chi connectivity index (χ4v) is 3.23. The summed E-state index contributed by atoms with van der Waals surface area (Å²) >= 11 is 0. The third-order valence-electron chi connectivity index (χ3n) is 4.59. The molecule has 0 unspecified atom stereocenters. The minimum Gasteiger partial charge on any atom is -0.371 e. The SMILES string of the molecule is CN(Cc1cnn(C)c1)C(=O)Nc1cccc(N2CCCCCC2)c1. The van der Waals surface area contributed by atoms with Gasteiger partial charge in [-0.05, 0) is 31.0 Å². The third kappa shape index (κ3) is 4.75. The van der Waals surface area contributed by atoms with Crippen molar-refractivity contribution in [2.45, 2.75) is 32.2 Å². The standard InChI is InChI=1S/C19H27N5O/c1-22(14-16-13-20-23(2)15-16)19(25)21-17-8-7-9-18(12-17)24-10-5-3-4-6-11-24/h7-9,12-13,15H,3-6,10-11,14H2,1-2H3,(H,21,25). The molecule has 6 heteroatoms. The highest BCUT2D eigenvalue weighted by Crippen LogP contribution is 2.23. The van der Waals surface area contributed by atoms with Crippen molar-refractivity contribution >= 4 is 17.4 Å². The van der Waals surface area contributed by atoms with E-state index in [1.807, 2.05) is 25.4 Å². The molecule has 3 rings (SSSR count). The highest BCUT2D eigenvalue weighted by atomic mass is 16.2. The van der Waals surface area contributed by atoms with Crippen molar-refractivity contribution in [1.82, 2.24) is 14.7 Å². The molecule has 25 heavy (non-hydrogen) atoms. The summed E-state index contributed by atoms with van der Waals surface area (Å²) in [6.45, 7) is 2.72. The first-order chi connectivity index (χ1) is 12.1. The van der Waals surface area contributed by atoms with E-state index in [-0.39, 0.29) is 6.03 Å². The lowest BCUT2D eigenvalue weighted by molar-refractivity contribution is 0.220. The lowest BCUT2D eigenvalue weighted by atomic mass is 10.2. The number of hydrogen-bond acceptors (Lipinski definition) is 3. The second kappa shape index (κ2) is 8.05. The van der Waals surface area contributed by atoms with Crippen LogP contribution in [-0.2, 0) is 13.6 Å². The summed E-state index contributed by atoms with van der Waals surface area (Å²) in [7, 11) is 3.67. The highest BCUT2D eigenvalue weighted by Gasteiger charge is 2.13. The molecule has 1 aliphatic heterocycles. The maximum absolute atomic E-state index is 12.4. The average Bonchev–Trinajstić information content (AvgIpc) is 2.85. The summed E-state index contributed by atoms with van der Waals surface area (Å²) in [6, 6.07) is 8.03. The molecule has 1 aromatic carbocycles. The lowest BCUT2D eigenvalue weighted by Crippen LogP contribution is -2.31. The molecule has 134 valence electrons. The molecule has 1 aromatic heterocycles. The highest BCUT2D eigenvalue weighted by molar-refractivity contribution is 5.89. The van der Waals surface area contributed by atoms with Gasteiger partial charge in [0.15, 0.2) is 0 Å². The van der Waals surface area contributed by atoms with Crippen LogP contribution in [0.25, 0.3) is 0 Å². The minimum absolute atomic E-state index is 0.114. The van der Waals surface area contributed by atoms with Crippen LogP contribution in [0.2, 0.25) is 0 Å². The number of benzene rings is 1. The lowest BCUT2D eigenvalue weighted by Gasteiger charge is -2.23. The predicted octanol–water partition coefficient (Wildman–Crippen LogP) is 3.46. The number of amides is 2.